The highest BCUT2D eigenvalue weighted by molar-refractivity contribution is 6.42. The van der Waals surface area contributed by atoms with E-state index in [1.807, 2.05) is 13.0 Å². The minimum Gasteiger partial charge on any atom is -0.394 e. The van der Waals surface area contributed by atoms with Crippen LogP contribution in [-0.2, 0) is 0 Å². The van der Waals surface area contributed by atoms with Crippen molar-refractivity contribution < 1.29 is 5.11 Å². The lowest BCUT2D eigenvalue weighted by atomic mass is 10.3. The molecular weight excluding hydrogens is 209 g/mol. The molecule has 72 valence electrons. The van der Waals surface area contributed by atoms with Crippen LogP contribution in [0.25, 0.3) is 0 Å². The number of benzene rings is 1. The highest BCUT2D eigenvalue weighted by atomic mass is 35.5. The van der Waals surface area contributed by atoms with Crippen molar-refractivity contribution in [1.29, 1.82) is 0 Å². The number of hydrogen-bond donors (Lipinski definition) is 2. The largest absolute Gasteiger partial charge is 0.394 e. The Morgan fingerprint density at radius 1 is 1.38 bits per heavy atom. The molecule has 0 fully saturated rings. The SMILES string of the molecule is CC(CO)Nc1ccc(Cl)c(Cl)c1. The molecule has 1 rings (SSSR count). The summed E-state index contributed by atoms with van der Waals surface area (Å²) in [6, 6.07) is 5.28. The molecule has 2 nitrogen and oxygen atoms in total. The van der Waals surface area contributed by atoms with Gasteiger partial charge in [-0.05, 0) is 25.1 Å². The standard InChI is InChI=1S/C9H11Cl2NO/c1-6(5-13)12-7-2-3-8(10)9(11)4-7/h2-4,6,12-13H,5H2,1H3. The van der Waals surface area contributed by atoms with Crippen LogP contribution in [0.1, 0.15) is 6.92 Å². The molecule has 0 bridgehead atoms. The minimum atomic E-state index is 0.0113. The Bertz CT molecular complexity index is 291. The molecule has 0 aliphatic rings. The lowest BCUT2D eigenvalue weighted by Crippen LogP contribution is -2.19. The van der Waals surface area contributed by atoms with Crippen molar-refractivity contribution in [2.24, 2.45) is 0 Å². The molecule has 0 aliphatic carbocycles. The Balaban J connectivity index is 2.73. The summed E-state index contributed by atoms with van der Waals surface area (Å²) in [4.78, 5) is 0. The monoisotopic (exact) mass is 219 g/mol. The molecule has 0 heterocycles. The van der Waals surface area contributed by atoms with Gasteiger partial charge in [0.15, 0.2) is 0 Å². The molecule has 0 saturated heterocycles. The van der Waals surface area contributed by atoms with Crippen LogP contribution in [0.4, 0.5) is 5.69 Å². The van der Waals surface area contributed by atoms with Crippen LogP contribution >= 0.6 is 23.2 Å². The summed E-state index contributed by atoms with van der Waals surface area (Å²) in [5, 5.41) is 12.9. The molecule has 1 aromatic carbocycles. The van der Waals surface area contributed by atoms with Gasteiger partial charge in [0.2, 0.25) is 0 Å². The normalized spacial score (nSPS) is 12.6. The zero-order valence-corrected chi connectivity index (χ0v) is 8.73. The molecule has 0 aromatic heterocycles. The fourth-order valence-corrected chi connectivity index (χ4v) is 1.21. The molecule has 1 aromatic rings. The second-order valence-corrected chi connectivity index (χ2v) is 3.67. The lowest BCUT2D eigenvalue weighted by molar-refractivity contribution is 0.281. The van der Waals surface area contributed by atoms with Crippen molar-refractivity contribution in [3.05, 3.63) is 28.2 Å². The third kappa shape index (κ3) is 3.07. The predicted octanol–water partition coefficient (Wildman–Crippen LogP) is 2.79. The Kier molecular flexibility index (Phi) is 3.85. The van der Waals surface area contributed by atoms with Gasteiger partial charge in [0.1, 0.15) is 0 Å². The van der Waals surface area contributed by atoms with Crippen molar-refractivity contribution in [3.8, 4) is 0 Å². The zero-order valence-electron chi connectivity index (χ0n) is 7.22. The van der Waals surface area contributed by atoms with Crippen molar-refractivity contribution in [2.75, 3.05) is 11.9 Å². The lowest BCUT2D eigenvalue weighted by Gasteiger charge is -2.12. The number of anilines is 1. The Morgan fingerprint density at radius 2 is 2.08 bits per heavy atom. The number of nitrogens with one attached hydrogen (secondary N) is 1. The summed E-state index contributed by atoms with van der Waals surface area (Å²) in [6.07, 6.45) is 0. The summed E-state index contributed by atoms with van der Waals surface area (Å²) >= 11 is 11.5. The van der Waals surface area contributed by atoms with Crippen LogP contribution in [0.5, 0.6) is 0 Å². The van der Waals surface area contributed by atoms with E-state index in [1.165, 1.54) is 0 Å². The first kappa shape index (κ1) is 10.6. The minimum absolute atomic E-state index is 0.0113. The average molecular weight is 220 g/mol. The van der Waals surface area contributed by atoms with Gasteiger partial charge in [0.25, 0.3) is 0 Å². The van der Waals surface area contributed by atoms with E-state index >= 15 is 0 Å². The molecule has 1 unspecified atom stereocenters. The smallest absolute Gasteiger partial charge is 0.0630 e. The summed E-state index contributed by atoms with van der Waals surface area (Å²) in [6.45, 7) is 1.96. The molecule has 4 heteroatoms. The van der Waals surface area contributed by atoms with Crippen LogP contribution in [0.2, 0.25) is 10.0 Å². The maximum atomic E-state index is 8.80. The zero-order chi connectivity index (χ0) is 9.84. The maximum absolute atomic E-state index is 8.80. The van der Waals surface area contributed by atoms with Crippen LogP contribution < -0.4 is 5.32 Å². The Morgan fingerprint density at radius 3 is 2.62 bits per heavy atom. The van der Waals surface area contributed by atoms with Crippen LogP contribution in [0.3, 0.4) is 0 Å². The fourth-order valence-electron chi connectivity index (χ4n) is 0.916. The number of halogens is 2. The summed E-state index contributed by atoms with van der Waals surface area (Å²) < 4.78 is 0. The van der Waals surface area contributed by atoms with Crippen molar-refractivity contribution >= 4 is 28.9 Å². The van der Waals surface area contributed by atoms with E-state index in [4.69, 9.17) is 28.3 Å². The van der Waals surface area contributed by atoms with Crippen molar-refractivity contribution in [2.45, 2.75) is 13.0 Å². The highest BCUT2D eigenvalue weighted by Crippen LogP contribution is 2.25. The first-order valence-corrected chi connectivity index (χ1v) is 4.71. The number of aliphatic hydroxyl groups is 1. The first-order valence-electron chi connectivity index (χ1n) is 3.96. The number of rotatable bonds is 3. The Hall–Kier alpha value is -0.440. The molecule has 0 saturated carbocycles. The van der Waals surface area contributed by atoms with E-state index < -0.39 is 0 Å². The van der Waals surface area contributed by atoms with Gasteiger partial charge in [-0.15, -0.1) is 0 Å². The quantitative estimate of drug-likeness (QED) is 0.820. The summed E-state index contributed by atoms with van der Waals surface area (Å²) in [7, 11) is 0. The van der Waals surface area contributed by atoms with Gasteiger partial charge in [-0.2, -0.15) is 0 Å². The van der Waals surface area contributed by atoms with E-state index in [1.54, 1.807) is 12.1 Å². The summed E-state index contributed by atoms with van der Waals surface area (Å²) in [5.41, 5.74) is 0.857. The highest BCUT2D eigenvalue weighted by Gasteiger charge is 2.02. The molecule has 2 N–H and O–H groups in total. The van der Waals surface area contributed by atoms with Crippen LogP contribution in [0.15, 0.2) is 18.2 Å². The number of hydrogen-bond acceptors (Lipinski definition) is 2. The van der Waals surface area contributed by atoms with E-state index in [0.29, 0.717) is 10.0 Å². The van der Waals surface area contributed by atoms with Gasteiger partial charge in [-0.1, -0.05) is 23.2 Å². The van der Waals surface area contributed by atoms with E-state index in [-0.39, 0.29) is 12.6 Å². The second-order valence-electron chi connectivity index (χ2n) is 2.86. The Labute approximate surface area is 87.5 Å². The van der Waals surface area contributed by atoms with Gasteiger partial charge < -0.3 is 10.4 Å². The van der Waals surface area contributed by atoms with Crippen LogP contribution in [-0.4, -0.2) is 17.8 Å². The molecule has 13 heavy (non-hydrogen) atoms. The molecule has 0 amide bonds. The molecule has 0 aliphatic heterocycles. The first-order chi connectivity index (χ1) is 6.13. The molecule has 0 spiro atoms. The topological polar surface area (TPSA) is 32.3 Å². The average Bonchev–Trinajstić information content (AvgIpc) is 2.11. The fraction of sp³-hybridized carbons (Fsp3) is 0.333. The van der Waals surface area contributed by atoms with E-state index in [9.17, 15) is 0 Å². The van der Waals surface area contributed by atoms with Gasteiger partial charge in [-0.25, -0.2) is 0 Å². The third-order valence-corrected chi connectivity index (χ3v) is 2.35. The van der Waals surface area contributed by atoms with E-state index in [2.05, 4.69) is 5.32 Å². The second kappa shape index (κ2) is 4.70. The van der Waals surface area contributed by atoms with Gasteiger partial charge >= 0.3 is 0 Å². The predicted molar refractivity (Wildman–Crippen MR) is 56.6 cm³/mol. The third-order valence-electron chi connectivity index (χ3n) is 1.61. The molecule has 1 atom stereocenters. The van der Waals surface area contributed by atoms with Crippen molar-refractivity contribution in [1.82, 2.24) is 0 Å². The van der Waals surface area contributed by atoms with Crippen LogP contribution in [0, 0.1) is 0 Å². The van der Waals surface area contributed by atoms with Gasteiger partial charge in [0, 0.05) is 11.7 Å². The van der Waals surface area contributed by atoms with Gasteiger partial charge in [0.05, 0.1) is 16.7 Å². The molecular formula is C9H11Cl2NO. The summed E-state index contributed by atoms with van der Waals surface area (Å²) in [5.74, 6) is 0. The number of aliphatic hydroxyl groups excluding tert-OH is 1. The van der Waals surface area contributed by atoms with E-state index in [0.717, 1.165) is 5.69 Å². The molecule has 0 radical (unpaired) electrons. The maximum Gasteiger partial charge on any atom is 0.0630 e. The van der Waals surface area contributed by atoms with Gasteiger partial charge in [-0.3, -0.25) is 0 Å². The van der Waals surface area contributed by atoms with Crippen molar-refractivity contribution in [3.63, 3.8) is 0 Å².